The highest BCUT2D eigenvalue weighted by Crippen LogP contribution is 2.22. The molecular weight excluding hydrogens is 226 g/mol. The molecule has 1 saturated heterocycles. The summed E-state index contributed by atoms with van der Waals surface area (Å²) in [6.45, 7) is 8.68. The Morgan fingerprint density at radius 2 is 2.17 bits per heavy atom. The number of aryl methyl sites for hydroxylation is 2. The molecule has 4 heteroatoms. The predicted octanol–water partition coefficient (Wildman–Crippen LogP) is 1.61. The summed E-state index contributed by atoms with van der Waals surface area (Å²) < 4.78 is 0. The van der Waals surface area contributed by atoms with E-state index in [2.05, 4.69) is 28.6 Å². The van der Waals surface area contributed by atoms with E-state index in [1.54, 1.807) is 0 Å². The molecule has 100 valence electrons. The molecule has 1 aromatic rings. The Bertz CT molecular complexity index is 426. The van der Waals surface area contributed by atoms with E-state index < -0.39 is 5.60 Å². The summed E-state index contributed by atoms with van der Waals surface area (Å²) >= 11 is 0. The molecule has 0 aromatic carbocycles. The van der Waals surface area contributed by atoms with Crippen molar-refractivity contribution in [2.75, 3.05) is 11.9 Å². The van der Waals surface area contributed by atoms with Gasteiger partial charge in [-0.1, -0.05) is 6.07 Å². The summed E-state index contributed by atoms with van der Waals surface area (Å²) in [4.78, 5) is 4.43. The van der Waals surface area contributed by atoms with Gasteiger partial charge in [-0.3, -0.25) is 0 Å². The zero-order chi connectivity index (χ0) is 13.3. The normalized spacial score (nSPS) is 24.3. The fraction of sp³-hybridized carbons (Fsp3) is 0.643. The van der Waals surface area contributed by atoms with E-state index >= 15 is 0 Å². The van der Waals surface area contributed by atoms with Crippen LogP contribution in [0.15, 0.2) is 12.3 Å². The average Bonchev–Trinajstić information content (AvgIpc) is 2.70. The van der Waals surface area contributed by atoms with Crippen LogP contribution in [-0.2, 0) is 0 Å². The maximum absolute atomic E-state index is 9.99. The largest absolute Gasteiger partial charge is 0.389 e. The maximum atomic E-state index is 9.99. The molecule has 1 aliphatic heterocycles. The first-order chi connectivity index (χ1) is 8.36. The number of nitrogens with zero attached hydrogens (tertiary/aromatic N) is 1. The Morgan fingerprint density at radius 3 is 2.72 bits per heavy atom. The number of aliphatic hydroxyl groups is 1. The zero-order valence-corrected chi connectivity index (χ0v) is 11.6. The van der Waals surface area contributed by atoms with Crippen LogP contribution in [0.4, 0.5) is 5.82 Å². The van der Waals surface area contributed by atoms with Crippen molar-refractivity contribution in [3.63, 3.8) is 0 Å². The predicted molar refractivity (Wildman–Crippen MR) is 73.8 cm³/mol. The van der Waals surface area contributed by atoms with Gasteiger partial charge in [0.1, 0.15) is 5.82 Å². The lowest BCUT2D eigenvalue weighted by Gasteiger charge is -2.25. The number of anilines is 1. The molecule has 4 nitrogen and oxygen atoms in total. The number of rotatable bonds is 3. The van der Waals surface area contributed by atoms with Gasteiger partial charge in [0.15, 0.2) is 0 Å². The van der Waals surface area contributed by atoms with Gasteiger partial charge in [-0.2, -0.15) is 0 Å². The van der Waals surface area contributed by atoms with Crippen molar-refractivity contribution in [2.24, 2.45) is 0 Å². The van der Waals surface area contributed by atoms with Gasteiger partial charge in [0, 0.05) is 24.8 Å². The summed E-state index contributed by atoms with van der Waals surface area (Å²) in [5, 5.41) is 16.8. The van der Waals surface area contributed by atoms with E-state index in [9.17, 15) is 5.11 Å². The number of pyridine rings is 1. The van der Waals surface area contributed by atoms with Crippen LogP contribution in [0, 0.1) is 13.8 Å². The molecule has 0 unspecified atom stereocenters. The molecule has 0 radical (unpaired) electrons. The van der Waals surface area contributed by atoms with E-state index in [-0.39, 0.29) is 6.04 Å². The topological polar surface area (TPSA) is 57.2 Å². The third kappa shape index (κ3) is 3.00. The van der Waals surface area contributed by atoms with Gasteiger partial charge in [-0.05, 0) is 45.2 Å². The summed E-state index contributed by atoms with van der Waals surface area (Å²) in [5.41, 5.74) is 1.67. The number of hydrogen-bond acceptors (Lipinski definition) is 4. The Hall–Kier alpha value is -1.13. The summed E-state index contributed by atoms with van der Waals surface area (Å²) in [6, 6.07) is 2.60. The molecule has 2 atom stereocenters. The van der Waals surface area contributed by atoms with Crippen molar-refractivity contribution in [1.29, 1.82) is 0 Å². The molecule has 0 bridgehead atoms. The maximum Gasteiger partial charge on any atom is 0.129 e. The van der Waals surface area contributed by atoms with Crippen LogP contribution in [0.3, 0.4) is 0 Å². The molecule has 0 aliphatic carbocycles. The molecule has 0 amide bonds. The highest BCUT2D eigenvalue weighted by molar-refractivity contribution is 5.45. The van der Waals surface area contributed by atoms with Gasteiger partial charge >= 0.3 is 0 Å². The first-order valence-electron chi connectivity index (χ1n) is 6.52. The quantitative estimate of drug-likeness (QED) is 0.762. The molecule has 2 heterocycles. The lowest BCUT2D eigenvalue weighted by Crippen LogP contribution is -2.42. The second kappa shape index (κ2) is 4.86. The molecule has 3 N–H and O–H groups in total. The smallest absolute Gasteiger partial charge is 0.129 e. The Morgan fingerprint density at radius 1 is 1.44 bits per heavy atom. The number of nitrogens with one attached hydrogen (secondary N) is 2. The third-order valence-corrected chi connectivity index (χ3v) is 3.54. The van der Waals surface area contributed by atoms with E-state index in [0.717, 1.165) is 18.8 Å². The van der Waals surface area contributed by atoms with Gasteiger partial charge < -0.3 is 15.7 Å². The van der Waals surface area contributed by atoms with Crippen LogP contribution in [0.1, 0.15) is 31.4 Å². The third-order valence-electron chi connectivity index (χ3n) is 3.54. The molecule has 0 spiro atoms. The summed E-state index contributed by atoms with van der Waals surface area (Å²) in [6.07, 6.45) is 2.80. The second-order valence-corrected chi connectivity index (χ2v) is 5.87. The Balaban J connectivity index is 1.99. The van der Waals surface area contributed by atoms with Gasteiger partial charge in [0.25, 0.3) is 0 Å². The highest BCUT2D eigenvalue weighted by atomic mass is 16.3. The van der Waals surface area contributed by atoms with Crippen LogP contribution in [0.2, 0.25) is 0 Å². The lowest BCUT2D eigenvalue weighted by atomic mass is 9.96. The first kappa shape index (κ1) is 13.3. The van der Waals surface area contributed by atoms with E-state index in [4.69, 9.17) is 0 Å². The molecule has 1 aliphatic rings. The van der Waals surface area contributed by atoms with Crippen LogP contribution >= 0.6 is 0 Å². The standard InChI is InChI=1S/C14H23N3O/c1-9-5-10(2)13(16-7-9)17-11-6-12(15-8-11)14(3,4)18/h5,7,11-12,15,18H,6,8H2,1-4H3,(H,16,17)/t11-,12-/m0/s1. The number of hydrogen-bond donors (Lipinski definition) is 3. The van der Waals surface area contributed by atoms with Gasteiger partial charge in [0.2, 0.25) is 0 Å². The van der Waals surface area contributed by atoms with Crippen molar-refractivity contribution >= 4 is 5.82 Å². The van der Waals surface area contributed by atoms with E-state index in [1.165, 1.54) is 11.1 Å². The van der Waals surface area contributed by atoms with Gasteiger partial charge in [-0.25, -0.2) is 4.98 Å². The molecule has 1 fully saturated rings. The van der Waals surface area contributed by atoms with Crippen LogP contribution in [0.5, 0.6) is 0 Å². The number of aromatic nitrogens is 1. The lowest BCUT2D eigenvalue weighted by molar-refractivity contribution is 0.0446. The molecule has 0 saturated carbocycles. The van der Waals surface area contributed by atoms with Crippen LogP contribution < -0.4 is 10.6 Å². The van der Waals surface area contributed by atoms with Crippen molar-refractivity contribution < 1.29 is 5.11 Å². The van der Waals surface area contributed by atoms with Crippen molar-refractivity contribution in [3.05, 3.63) is 23.4 Å². The van der Waals surface area contributed by atoms with Crippen molar-refractivity contribution in [3.8, 4) is 0 Å². The van der Waals surface area contributed by atoms with Gasteiger partial charge in [-0.15, -0.1) is 0 Å². The molecule has 2 rings (SSSR count). The summed E-state index contributed by atoms with van der Waals surface area (Å²) in [7, 11) is 0. The van der Waals surface area contributed by atoms with Crippen molar-refractivity contribution in [2.45, 2.75) is 51.8 Å². The minimum absolute atomic E-state index is 0.140. The molecule has 1 aromatic heterocycles. The Labute approximate surface area is 109 Å². The fourth-order valence-electron chi connectivity index (χ4n) is 2.44. The fourth-order valence-corrected chi connectivity index (χ4v) is 2.44. The highest BCUT2D eigenvalue weighted by Gasteiger charge is 2.34. The van der Waals surface area contributed by atoms with E-state index in [0.29, 0.717) is 6.04 Å². The van der Waals surface area contributed by atoms with Crippen LogP contribution in [0.25, 0.3) is 0 Å². The second-order valence-electron chi connectivity index (χ2n) is 5.87. The molecule has 18 heavy (non-hydrogen) atoms. The first-order valence-corrected chi connectivity index (χ1v) is 6.52. The zero-order valence-electron chi connectivity index (χ0n) is 11.6. The Kier molecular flexibility index (Phi) is 3.59. The SMILES string of the molecule is Cc1cnc(N[C@@H]2CN[C@H](C(C)(C)O)C2)c(C)c1. The van der Waals surface area contributed by atoms with Crippen molar-refractivity contribution in [1.82, 2.24) is 10.3 Å². The minimum Gasteiger partial charge on any atom is -0.389 e. The average molecular weight is 249 g/mol. The minimum atomic E-state index is -0.674. The van der Waals surface area contributed by atoms with Gasteiger partial charge in [0.05, 0.1) is 5.60 Å². The molecular formula is C14H23N3O. The summed E-state index contributed by atoms with van der Waals surface area (Å²) in [5.74, 6) is 0.948. The van der Waals surface area contributed by atoms with Crippen LogP contribution in [-0.4, -0.2) is 34.3 Å². The monoisotopic (exact) mass is 249 g/mol. The van der Waals surface area contributed by atoms with E-state index in [1.807, 2.05) is 27.0 Å².